The van der Waals surface area contributed by atoms with E-state index in [0.717, 1.165) is 10.0 Å². The van der Waals surface area contributed by atoms with Crippen LogP contribution in [-0.2, 0) is 0 Å². The van der Waals surface area contributed by atoms with Crippen molar-refractivity contribution in [3.05, 3.63) is 100 Å². The summed E-state index contributed by atoms with van der Waals surface area (Å²) < 4.78 is 0.975. The quantitative estimate of drug-likeness (QED) is 0.471. The second kappa shape index (κ2) is 8.91. The molecule has 0 aromatic heterocycles. The van der Waals surface area contributed by atoms with Gasteiger partial charge in [-0.05, 0) is 54.1 Å². The van der Waals surface area contributed by atoms with Gasteiger partial charge in [0.15, 0.2) is 0 Å². The predicted molar refractivity (Wildman–Crippen MR) is 110 cm³/mol. The van der Waals surface area contributed by atoms with Gasteiger partial charge in [-0.15, -0.1) is 0 Å². The van der Waals surface area contributed by atoms with Crippen molar-refractivity contribution in [2.75, 3.05) is 5.32 Å². The minimum Gasteiger partial charge on any atom is -0.322 e. The van der Waals surface area contributed by atoms with Crippen molar-refractivity contribution >= 4 is 39.6 Å². The summed E-state index contributed by atoms with van der Waals surface area (Å²) in [7, 11) is 0. The smallest absolute Gasteiger partial charge is 0.271 e. The zero-order valence-corrected chi connectivity index (χ0v) is 15.8. The third-order valence-corrected chi connectivity index (χ3v) is 4.22. The Kier molecular flexibility index (Phi) is 6.12. The number of carbonyl (C=O) groups is 2. The Bertz CT molecular complexity index is 953. The van der Waals surface area contributed by atoms with Gasteiger partial charge in [-0.3, -0.25) is 9.59 Å². The van der Waals surface area contributed by atoms with E-state index in [1.807, 2.05) is 30.3 Å². The summed E-state index contributed by atoms with van der Waals surface area (Å²) in [5, 5.41) is 6.74. The number of halogens is 1. The lowest BCUT2D eigenvalue weighted by Gasteiger charge is -2.06. The second-order valence-electron chi connectivity index (χ2n) is 5.65. The van der Waals surface area contributed by atoms with Crippen LogP contribution in [0.5, 0.6) is 0 Å². The van der Waals surface area contributed by atoms with Gasteiger partial charge >= 0.3 is 0 Å². The molecule has 3 rings (SSSR count). The molecule has 6 heteroatoms. The first-order chi connectivity index (χ1) is 13.1. The first kappa shape index (κ1) is 18.5. The lowest BCUT2D eigenvalue weighted by molar-refractivity contribution is 0.0954. The zero-order valence-electron chi connectivity index (χ0n) is 14.2. The number of benzene rings is 3. The summed E-state index contributed by atoms with van der Waals surface area (Å²) in [6, 6.07) is 23.1. The predicted octanol–water partition coefficient (Wildman–Crippen LogP) is 4.47. The Morgan fingerprint density at radius 1 is 0.778 bits per heavy atom. The minimum absolute atomic E-state index is 0.202. The van der Waals surface area contributed by atoms with Crippen LogP contribution < -0.4 is 10.7 Å². The maximum absolute atomic E-state index is 12.1. The number of amides is 2. The Morgan fingerprint density at radius 2 is 1.41 bits per heavy atom. The monoisotopic (exact) mass is 421 g/mol. The van der Waals surface area contributed by atoms with Gasteiger partial charge in [0.25, 0.3) is 11.8 Å². The first-order valence-corrected chi connectivity index (χ1v) is 8.96. The molecular weight excluding hydrogens is 406 g/mol. The number of rotatable bonds is 5. The molecule has 0 radical (unpaired) electrons. The fraction of sp³-hybridized carbons (Fsp3) is 0. The topological polar surface area (TPSA) is 70.6 Å². The van der Waals surface area contributed by atoms with Gasteiger partial charge < -0.3 is 5.32 Å². The second-order valence-corrected chi connectivity index (χ2v) is 6.56. The van der Waals surface area contributed by atoms with Crippen LogP contribution >= 0.6 is 15.9 Å². The van der Waals surface area contributed by atoms with Crippen molar-refractivity contribution in [3.63, 3.8) is 0 Å². The van der Waals surface area contributed by atoms with Crippen LogP contribution in [-0.4, -0.2) is 18.0 Å². The summed E-state index contributed by atoms with van der Waals surface area (Å²) in [6.45, 7) is 0. The molecule has 134 valence electrons. The molecule has 0 saturated heterocycles. The molecule has 0 aliphatic heterocycles. The van der Waals surface area contributed by atoms with Gasteiger partial charge in [-0.1, -0.05) is 46.3 Å². The molecule has 2 N–H and O–H groups in total. The zero-order chi connectivity index (χ0) is 19.1. The van der Waals surface area contributed by atoms with Gasteiger partial charge in [0, 0.05) is 21.3 Å². The van der Waals surface area contributed by atoms with Crippen LogP contribution in [0.4, 0.5) is 5.69 Å². The van der Waals surface area contributed by atoms with E-state index in [1.165, 1.54) is 0 Å². The molecule has 0 saturated carbocycles. The Balaban J connectivity index is 1.57. The average Bonchev–Trinajstić information content (AvgIpc) is 2.70. The van der Waals surface area contributed by atoms with Crippen molar-refractivity contribution in [2.24, 2.45) is 5.10 Å². The minimum atomic E-state index is -0.329. The van der Waals surface area contributed by atoms with Gasteiger partial charge in [0.2, 0.25) is 0 Å². The summed E-state index contributed by atoms with van der Waals surface area (Å²) in [5.41, 5.74) is 4.98. The highest BCUT2D eigenvalue weighted by atomic mass is 79.9. The van der Waals surface area contributed by atoms with Crippen molar-refractivity contribution in [1.82, 2.24) is 5.43 Å². The van der Waals surface area contributed by atoms with Gasteiger partial charge in [0.05, 0.1) is 6.21 Å². The number of nitrogens with zero attached hydrogens (tertiary/aromatic N) is 1. The SMILES string of the molecule is O=C(N/N=C/c1ccc(Br)cc1)c1ccc(NC(=O)c2ccccc2)cc1. The molecule has 0 spiro atoms. The molecule has 27 heavy (non-hydrogen) atoms. The van der Waals surface area contributed by atoms with E-state index >= 15 is 0 Å². The molecule has 3 aromatic rings. The standard InChI is InChI=1S/C21H16BrN3O2/c22-18-10-6-15(7-11-18)14-23-25-21(27)17-8-12-19(13-9-17)24-20(26)16-4-2-1-3-5-16/h1-14H,(H,24,26)(H,25,27)/b23-14+. The molecular formula is C21H16BrN3O2. The van der Waals surface area contributed by atoms with E-state index in [0.29, 0.717) is 16.8 Å². The Morgan fingerprint density at radius 3 is 2.07 bits per heavy atom. The number of hydrazone groups is 1. The molecule has 2 amide bonds. The van der Waals surface area contributed by atoms with Crippen LogP contribution in [0.15, 0.2) is 88.4 Å². The van der Waals surface area contributed by atoms with Crippen molar-refractivity contribution < 1.29 is 9.59 Å². The summed E-state index contributed by atoms with van der Waals surface area (Å²) in [6.07, 6.45) is 1.57. The number of hydrogen-bond donors (Lipinski definition) is 2. The molecule has 0 aliphatic carbocycles. The maximum atomic E-state index is 12.1. The maximum Gasteiger partial charge on any atom is 0.271 e. The fourth-order valence-corrected chi connectivity index (χ4v) is 2.54. The summed E-state index contributed by atoms with van der Waals surface area (Å²) in [5.74, 6) is -0.531. The number of anilines is 1. The number of carbonyl (C=O) groups excluding carboxylic acids is 2. The molecule has 0 atom stereocenters. The third kappa shape index (κ3) is 5.36. The van der Waals surface area contributed by atoms with E-state index in [2.05, 4.69) is 31.8 Å². The van der Waals surface area contributed by atoms with E-state index < -0.39 is 0 Å². The van der Waals surface area contributed by atoms with Crippen LogP contribution in [0, 0.1) is 0 Å². The molecule has 0 fully saturated rings. The third-order valence-electron chi connectivity index (χ3n) is 3.69. The van der Waals surface area contributed by atoms with Crippen LogP contribution in [0.25, 0.3) is 0 Å². The molecule has 5 nitrogen and oxygen atoms in total. The summed E-state index contributed by atoms with van der Waals surface area (Å²) in [4.78, 5) is 24.2. The first-order valence-electron chi connectivity index (χ1n) is 8.17. The van der Waals surface area contributed by atoms with Crippen LogP contribution in [0.1, 0.15) is 26.3 Å². The molecule has 0 bridgehead atoms. The molecule has 0 aliphatic rings. The fourth-order valence-electron chi connectivity index (χ4n) is 2.28. The highest BCUT2D eigenvalue weighted by Crippen LogP contribution is 2.12. The Hall–Kier alpha value is -3.25. The van der Waals surface area contributed by atoms with Crippen LogP contribution in [0.2, 0.25) is 0 Å². The lowest BCUT2D eigenvalue weighted by Crippen LogP contribution is -2.17. The highest BCUT2D eigenvalue weighted by molar-refractivity contribution is 9.10. The van der Waals surface area contributed by atoms with E-state index in [9.17, 15) is 9.59 Å². The average molecular weight is 422 g/mol. The normalized spacial score (nSPS) is 10.6. The van der Waals surface area contributed by atoms with Gasteiger partial charge in [-0.2, -0.15) is 5.10 Å². The van der Waals surface area contributed by atoms with Crippen molar-refractivity contribution in [2.45, 2.75) is 0 Å². The van der Waals surface area contributed by atoms with Gasteiger partial charge in [-0.25, -0.2) is 5.43 Å². The van der Waals surface area contributed by atoms with Crippen LogP contribution in [0.3, 0.4) is 0 Å². The summed E-state index contributed by atoms with van der Waals surface area (Å²) >= 11 is 3.36. The number of nitrogens with one attached hydrogen (secondary N) is 2. The number of hydrogen-bond acceptors (Lipinski definition) is 3. The lowest BCUT2D eigenvalue weighted by atomic mass is 10.1. The van der Waals surface area contributed by atoms with Crippen molar-refractivity contribution in [3.8, 4) is 0 Å². The highest BCUT2D eigenvalue weighted by Gasteiger charge is 2.07. The molecule has 0 heterocycles. The largest absolute Gasteiger partial charge is 0.322 e. The Labute approximate surface area is 165 Å². The van der Waals surface area contributed by atoms with Gasteiger partial charge in [0.1, 0.15) is 0 Å². The molecule has 3 aromatic carbocycles. The van der Waals surface area contributed by atoms with E-state index in [4.69, 9.17) is 0 Å². The van der Waals surface area contributed by atoms with E-state index in [1.54, 1.807) is 54.7 Å². The van der Waals surface area contributed by atoms with Crippen molar-refractivity contribution in [1.29, 1.82) is 0 Å². The van der Waals surface area contributed by atoms with E-state index in [-0.39, 0.29) is 11.8 Å². The molecule has 0 unspecified atom stereocenters.